The fourth-order valence-corrected chi connectivity index (χ4v) is 2.63. The first-order valence-electron chi connectivity index (χ1n) is 7.71. The van der Waals surface area contributed by atoms with Crippen molar-refractivity contribution < 1.29 is 4.74 Å². The van der Waals surface area contributed by atoms with Crippen LogP contribution in [0.2, 0.25) is 5.02 Å². The fraction of sp³-hybridized carbons (Fsp3) is 0.150. The van der Waals surface area contributed by atoms with Gasteiger partial charge in [-0.05, 0) is 66.1 Å². The van der Waals surface area contributed by atoms with Gasteiger partial charge in [0.1, 0.15) is 5.75 Å². The van der Waals surface area contributed by atoms with Crippen LogP contribution < -0.4 is 10.2 Å². The van der Waals surface area contributed by atoms with E-state index < -0.39 is 0 Å². The van der Waals surface area contributed by atoms with Gasteiger partial charge in [0.2, 0.25) is 0 Å². The van der Waals surface area contributed by atoms with Gasteiger partial charge in [0.25, 0.3) is 0 Å². The zero-order chi connectivity index (χ0) is 17.1. The van der Waals surface area contributed by atoms with Crippen molar-refractivity contribution in [1.29, 1.82) is 0 Å². The number of rotatable bonds is 4. The van der Waals surface area contributed by atoms with Gasteiger partial charge in [-0.25, -0.2) is 0 Å². The minimum Gasteiger partial charge on any atom is -0.497 e. The van der Waals surface area contributed by atoms with Crippen molar-refractivity contribution in [2.45, 2.75) is 13.8 Å². The number of ether oxygens (including phenoxy) is 1. The van der Waals surface area contributed by atoms with E-state index in [0.29, 0.717) is 0 Å². The molecule has 0 aliphatic carbocycles. The van der Waals surface area contributed by atoms with Crippen LogP contribution in [0.25, 0.3) is 10.8 Å². The Kier molecular flexibility index (Phi) is 4.72. The van der Waals surface area contributed by atoms with E-state index in [1.54, 1.807) is 7.11 Å². The lowest BCUT2D eigenvalue weighted by Crippen LogP contribution is -2.00. The number of anilines is 1. The van der Waals surface area contributed by atoms with Crippen LogP contribution in [0.3, 0.4) is 0 Å². The molecule has 0 spiro atoms. The number of hydrogen-bond acceptors (Lipinski definition) is 3. The number of hydrogen-bond donors (Lipinski definition) is 1. The third-order valence-corrected chi connectivity index (χ3v) is 4.40. The van der Waals surface area contributed by atoms with Crippen LogP contribution in [-0.4, -0.2) is 12.8 Å². The molecule has 0 saturated carbocycles. The molecule has 0 aromatic heterocycles. The van der Waals surface area contributed by atoms with Gasteiger partial charge in [-0.15, -0.1) is 0 Å². The molecule has 0 fully saturated rings. The second kappa shape index (κ2) is 6.93. The number of aryl methyl sites for hydroxylation is 1. The molecular weight excluding hydrogens is 320 g/mol. The molecule has 4 heteroatoms. The lowest BCUT2D eigenvalue weighted by atomic mass is 10.0. The van der Waals surface area contributed by atoms with E-state index in [9.17, 15) is 0 Å². The van der Waals surface area contributed by atoms with Crippen molar-refractivity contribution >= 4 is 33.8 Å². The van der Waals surface area contributed by atoms with Crippen molar-refractivity contribution in [3.63, 3.8) is 0 Å². The molecule has 3 rings (SSSR count). The molecule has 24 heavy (non-hydrogen) atoms. The molecular formula is C20H19ClN2O. The molecule has 0 heterocycles. The number of benzene rings is 3. The molecule has 0 amide bonds. The van der Waals surface area contributed by atoms with Gasteiger partial charge in [0.05, 0.1) is 18.5 Å². The Balaban J connectivity index is 1.84. The van der Waals surface area contributed by atoms with Crippen LogP contribution in [0.1, 0.15) is 18.1 Å². The first-order chi connectivity index (χ1) is 11.6. The van der Waals surface area contributed by atoms with E-state index in [0.717, 1.165) is 44.1 Å². The van der Waals surface area contributed by atoms with Gasteiger partial charge in [-0.1, -0.05) is 35.9 Å². The maximum atomic E-state index is 6.14. The quantitative estimate of drug-likeness (QED) is 0.493. The Bertz CT molecular complexity index is 919. The monoisotopic (exact) mass is 338 g/mol. The van der Waals surface area contributed by atoms with Crippen LogP contribution in [0.5, 0.6) is 5.75 Å². The average molecular weight is 339 g/mol. The summed E-state index contributed by atoms with van der Waals surface area (Å²) in [6.07, 6.45) is 0. The normalized spacial score (nSPS) is 11.6. The van der Waals surface area contributed by atoms with Gasteiger partial charge in [-0.3, -0.25) is 5.43 Å². The summed E-state index contributed by atoms with van der Waals surface area (Å²) in [7, 11) is 1.68. The Morgan fingerprint density at radius 1 is 1.00 bits per heavy atom. The summed E-state index contributed by atoms with van der Waals surface area (Å²) in [6, 6.07) is 18.1. The minimum atomic E-state index is 0.729. The molecule has 0 radical (unpaired) electrons. The highest BCUT2D eigenvalue weighted by molar-refractivity contribution is 6.31. The first-order valence-corrected chi connectivity index (χ1v) is 8.09. The number of methoxy groups -OCH3 is 1. The molecule has 0 atom stereocenters. The van der Waals surface area contributed by atoms with Crippen molar-refractivity contribution in [2.24, 2.45) is 5.10 Å². The summed E-state index contributed by atoms with van der Waals surface area (Å²) in [4.78, 5) is 0. The van der Waals surface area contributed by atoms with Crippen LogP contribution in [-0.2, 0) is 0 Å². The molecule has 0 unspecified atom stereocenters. The highest BCUT2D eigenvalue weighted by Gasteiger charge is 2.02. The predicted octanol–water partition coefficient (Wildman–Crippen LogP) is 5.65. The Morgan fingerprint density at radius 2 is 1.75 bits per heavy atom. The number of hydrazone groups is 1. The Labute approximate surface area is 146 Å². The zero-order valence-electron chi connectivity index (χ0n) is 13.9. The zero-order valence-corrected chi connectivity index (χ0v) is 14.7. The minimum absolute atomic E-state index is 0.729. The molecule has 3 nitrogen and oxygen atoms in total. The van der Waals surface area contributed by atoms with Crippen LogP contribution in [0.15, 0.2) is 59.7 Å². The predicted molar refractivity (Wildman–Crippen MR) is 103 cm³/mol. The Morgan fingerprint density at radius 3 is 2.50 bits per heavy atom. The third kappa shape index (κ3) is 3.52. The van der Waals surface area contributed by atoms with Gasteiger partial charge in [0, 0.05) is 5.02 Å². The van der Waals surface area contributed by atoms with E-state index in [2.05, 4.69) is 34.8 Å². The summed E-state index contributed by atoms with van der Waals surface area (Å²) in [5.41, 5.74) is 6.96. The van der Waals surface area contributed by atoms with Crippen molar-refractivity contribution in [2.75, 3.05) is 12.5 Å². The lowest BCUT2D eigenvalue weighted by Gasteiger charge is -2.07. The lowest BCUT2D eigenvalue weighted by molar-refractivity contribution is 0.415. The van der Waals surface area contributed by atoms with E-state index in [-0.39, 0.29) is 0 Å². The molecule has 3 aromatic carbocycles. The smallest absolute Gasteiger partial charge is 0.119 e. The van der Waals surface area contributed by atoms with E-state index >= 15 is 0 Å². The van der Waals surface area contributed by atoms with Crippen LogP contribution >= 0.6 is 11.6 Å². The molecule has 0 bridgehead atoms. The van der Waals surface area contributed by atoms with Gasteiger partial charge in [0.15, 0.2) is 0 Å². The van der Waals surface area contributed by atoms with Gasteiger partial charge < -0.3 is 4.74 Å². The Hall–Kier alpha value is -2.52. The summed E-state index contributed by atoms with van der Waals surface area (Å²) >= 11 is 6.14. The third-order valence-electron chi connectivity index (χ3n) is 3.99. The van der Waals surface area contributed by atoms with E-state index in [1.807, 2.05) is 44.2 Å². The van der Waals surface area contributed by atoms with Crippen molar-refractivity contribution in [1.82, 2.24) is 0 Å². The van der Waals surface area contributed by atoms with Gasteiger partial charge >= 0.3 is 0 Å². The number of halogens is 1. The van der Waals surface area contributed by atoms with E-state index in [1.165, 1.54) is 0 Å². The van der Waals surface area contributed by atoms with Crippen LogP contribution in [0.4, 0.5) is 5.69 Å². The highest BCUT2D eigenvalue weighted by atomic mass is 35.5. The number of nitrogens with one attached hydrogen (secondary N) is 1. The molecule has 0 aliphatic rings. The largest absolute Gasteiger partial charge is 0.497 e. The second-order valence-corrected chi connectivity index (χ2v) is 6.11. The molecule has 122 valence electrons. The number of nitrogens with zero attached hydrogens (tertiary/aromatic N) is 1. The molecule has 1 N–H and O–H groups in total. The SMILES string of the molecule is COc1ccc2cc(/C(C)=N\Nc3ccc(C)c(Cl)c3)ccc2c1. The summed E-state index contributed by atoms with van der Waals surface area (Å²) in [5.74, 6) is 0.860. The van der Waals surface area contributed by atoms with Crippen molar-refractivity contribution in [3.05, 3.63) is 70.7 Å². The van der Waals surface area contributed by atoms with E-state index in [4.69, 9.17) is 16.3 Å². The summed E-state index contributed by atoms with van der Waals surface area (Å²) in [5, 5.41) is 7.49. The molecule has 0 aliphatic heterocycles. The second-order valence-electron chi connectivity index (χ2n) is 5.70. The highest BCUT2D eigenvalue weighted by Crippen LogP contribution is 2.23. The number of fused-ring (bicyclic) bond motifs is 1. The molecule has 3 aromatic rings. The standard InChI is InChI=1S/C20H19ClN2O/c1-13-4-8-18(12-20(13)21)23-22-14(2)15-5-6-17-11-19(24-3)9-7-16(17)10-15/h4-12,23H,1-3H3/b22-14-. The summed E-state index contributed by atoms with van der Waals surface area (Å²) in [6.45, 7) is 3.96. The summed E-state index contributed by atoms with van der Waals surface area (Å²) < 4.78 is 5.26. The fourth-order valence-electron chi connectivity index (χ4n) is 2.45. The van der Waals surface area contributed by atoms with Crippen LogP contribution in [0, 0.1) is 6.92 Å². The maximum absolute atomic E-state index is 6.14. The van der Waals surface area contributed by atoms with Crippen molar-refractivity contribution in [3.8, 4) is 5.75 Å². The average Bonchev–Trinajstić information content (AvgIpc) is 2.61. The molecule has 0 saturated heterocycles. The topological polar surface area (TPSA) is 33.6 Å². The maximum Gasteiger partial charge on any atom is 0.119 e. The first kappa shape index (κ1) is 16.3. The van der Waals surface area contributed by atoms with Gasteiger partial charge in [-0.2, -0.15) is 5.10 Å².